The summed E-state index contributed by atoms with van der Waals surface area (Å²) in [5.41, 5.74) is 5.25. The summed E-state index contributed by atoms with van der Waals surface area (Å²) in [6, 6.07) is -0.712. The maximum atomic E-state index is 14.3. The Bertz CT molecular complexity index is 505. The lowest BCUT2D eigenvalue weighted by Crippen LogP contribution is -2.51. The van der Waals surface area contributed by atoms with Crippen molar-refractivity contribution in [1.29, 1.82) is 0 Å². The maximum Gasteiger partial charge on any atom is 0.417 e. The number of nitrogens with one attached hydrogen (secondary N) is 1. The summed E-state index contributed by atoms with van der Waals surface area (Å²) >= 11 is 0. The van der Waals surface area contributed by atoms with E-state index in [2.05, 4.69) is 5.32 Å². The molecule has 1 fully saturated rings. The number of amides is 1. The fraction of sp³-hybridized carbons (Fsp3) is 0.667. The van der Waals surface area contributed by atoms with Crippen molar-refractivity contribution in [2.75, 3.05) is 13.1 Å². The van der Waals surface area contributed by atoms with Gasteiger partial charge in [-0.1, -0.05) is 0 Å². The lowest BCUT2D eigenvalue weighted by atomic mass is 9.86. The van der Waals surface area contributed by atoms with Crippen molar-refractivity contribution in [1.82, 2.24) is 10.2 Å². The highest BCUT2D eigenvalue weighted by molar-refractivity contribution is 5.72. The highest BCUT2D eigenvalue weighted by Crippen LogP contribution is 2.34. The first-order valence-electron chi connectivity index (χ1n) is 7.46. The van der Waals surface area contributed by atoms with E-state index in [0.29, 0.717) is 0 Å². The second kappa shape index (κ2) is 6.24. The van der Waals surface area contributed by atoms with Gasteiger partial charge in [0.1, 0.15) is 5.60 Å². The summed E-state index contributed by atoms with van der Waals surface area (Å²) in [7, 11) is 0. The average molecular weight is 315 g/mol. The third-order valence-corrected chi connectivity index (χ3v) is 3.74. The Hall–Kier alpha value is -1.63. The molecule has 3 N–H and O–H groups in total. The van der Waals surface area contributed by atoms with E-state index in [-0.39, 0.29) is 11.6 Å². The van der Waals surface area contributed by atoms with Crippen molar-refractivity contribution in [2.45, 2.75) is 45.3 Å². The molecule has 2 rings (SSSR count). The maximum absolute atomic E-state index is 14.3. The van der Waals surface area contributed by atoms with E-state index in [0.717, 1.165) is 36.9 Å². The Kier molecular flexibility index (Phi) is 4.75. The van der Waals surface area contributed by atoms with Gasteiger partial charge < -0.3 is 15.8 Å². The third-order valence-electron chi connectivity index (χ3n) is 3.74. The van der Waals surface area contributed by atoms with Gasteiger partial charge in [-0.15, -0.1) is 0 Å². The Morgan fingerprint density at radius 3 is 2.50 bits per heavy atom. The zero-order valence-electron chi connectivity index (χ0n) is 13.2. The molecule has 0 bridgehead atoms. The number of hydrogen-bond donors (Lipinski definition) is 2. The highest BCUT2D eigenvalue weighted by atomic mass is 19.2. The predicted octanol–water partition coefficient (Wildman–Crippen LogP) is 2.56. The standard InChI is InChI=1S/C15H23F2N3O2/c1-15(2,3)22-14(21)20-12(9-4-6-19-7-5-9)11(18)8-10(16)13(20)17/h8-9,12,19H,4-7,18H2,1-3H3. The van der Waals surface area contributed by atoms with Crippen molar-refractivity contribution in [2.24, 2.45) is 11.7 Å². The summed E-state index contributed by atoms with van der Waals surface area (Å²) in [6.45, 7) is 6.53. The Labute approximate surface area is 129 Å². The number of halogens is 2. The molecule has 1 atom stereocenters. The van der Waals surface area contributed by atoms with E-state index in [4.69, 9.17) is 10.5 Å². The van der Waals surface area contributed by atoms with E-state index in [1.54, 1.807) is 20.8 Å². The van der Waals surface area contributed by atoms with Crippen molar-refractivity contribution >= 4 is 6.09 Å². The monoisotopic (exact) mass is 315 g/mol. The quantitative estimate of drug-likeness (QED) is 0.730. The second-order valence-electron chi connectivity index (χ2n) is 6.67. The SMILES string of the molecule is CC(C)(C)OC(=O)N1C(F)=C(F)C=C(N)C1C1CCNCC1. The molecule has 2 heterocycles. The van der Waals surface area contributed by atoms with E-state index in [1.807, 2.05) is 0 Å². The van der Waals surface area contributed by atoms with Gasteiger partial charge in [-0.25, -0.2) is 14.1 Å². The van der Waals surface area contributed by atoms with Gasteiger partial charge in [0.2, 0.25) is 5.95 Å². The van der Waals surface area contributed by atoms with Crippen LogP contribution in [0.1, 0.15) is 33.6 Å². The number of carbonyl (C=O) groups excluding carboxylic acids is 1. The van der Waals surface area contributed by atoms with Crippen molar-refractivity contribution in [3.63, 3.8) is 0 Å². The molecule has 0 spiro atoms. The van der Waals surface area contributed by atoms with E-state index in [1.165, 1.54) is 0 Å². The lowest BCUT2D eigenvalue weighted by molar-refractivity contribution is 0.0127. The minimum absolute atomic E-state index is 0.0381. The van der Waals surface area contributed by atoms with Gasteiger partial charge in [0.05, 0.1) is 6.04 Å². The molecule has 0 aromatic rings. The first-order chi connectivity index (χ1) is 10.2. The number of nitrogens with zero attached hydrogens (tertiary/aromatic N) is 1. The van der Waals surface area contributed by atoms with Crippen LogP contribution < -0.4 is 11.1 Å². The van der Waals surface area contributed by atoms with E-state index in [9.17, 15) is 13.6 Å². The van der Waals surface area contributed by atoms with E-state index >= 15 is 0 Å². The van der Waals surface area contributed by atoms with Crippen LogP contribution >= 0.6 is 0 Å². The van der Waals surface area contributed by atoms with Gasteiger partial charge >= 0.3 is 6.09 Å². The molecule has 0 radical (unpaired) electrons. The molecule has 0 saturated carbocycles. The van der Waals surface area contributed by atoms with Gasteiger partial charge in [0.25, 0.3) is 0 Å². The van der Waals surface area contributed by atoms with Gasteiger partial charge in [-0.3, -0.25) is 0 Å². The second-order valence-corrected chi connectivity index (χ2v) is 6.67. The minimum Gasteiger partial charge on any atom is -0.443 e. The number of ether oxygens (including phenoxy) is 1. The normalized spacial score (nSPS) is 24.3. The van der Waals surface area contributed by atoms with Crippen LogP contribution in [-0.2, 0) is 4.74 Å². The van der Waals surface area contributed by atoms with Gasteiger partial charge in [-0.2, -0.15) is 4.39 Å². The van der Waals surface area contributed by atoms with Crippen LogP contribution in [0.25, 0.3) is 0 Å². The summed E-state index contributed by atoms with van der Waals surface area (Å²) in [5.74, 6) is -2.41. The summed E-state index contributed by atoms with van der Waals surface area (Å²) in [4.78, 5) is 13.1. The van der Waals surface area contributed by atoms with Crippen LogP contribution in [0, 0.1) is 5.92 Å². The Balaban J connectivity index is 2.31. The minimum atomic E-state index is -1.23. The van der Waals surface area contributed by atoms with Crippen LogP contribution in [0.4, 0.5) is 13.6 Å². The smallest absolute Gasteiger partial charge is 0.417 e. The fourth-order valence-corrected chi connectivity index (χ4v) is 2.83. The number of allylic oxidation sites excluding steroid dienone is 2. The van der Waals surface area contributed by atoms with Crippen LogP contribution in [0.5, 0.6) is 0 Å². The van der Waals surface area contributed by atoms with Crippen LogP contribution in [0.2, 0.25) is 0 Å². The molecule has 0 aromatic heterocycles. The molecule has 1 amide bonds. The first-order valence-corrected chi connectivity index (χ1v) is 7.46. The van der Waals surface area contributed by atoms with Crippen LogP contribution in [-0.4, -0.2) is 35.7 Å². The van der Waals surface area contributed by atoms with Crippen molar-refractivity contribution in [3.8, 4) is 0 Å². The molecule has 7 heteroatoms. The van der Waals surface area contributed by atoms with Crippen LogP contribution in [0.15, 0.2) is 23.6 Å². The number of piperidine rings is 1. The Morgan fingerprint density at radius 2 is 1.95 bits per heavy atom. The number of hydrogen-bond acceptors (Lipinski definition) is 4. The molecule has 2 aliphatic rings. The topological polar surface area (TPSA) is 67.6 Å². The van der Waals surface area contributed by atoms with Crippen molar-refractivity contribution in [3.05, 3.63) is 23.6 Å². The molecule has 0 aromatic carbocycles. The zero-order chi connectivity index (χ0) is 16.5. The Morgan fingerprint density at radius 1 is 1.36 bits per heavy atom. The fourth-order valence-electron chi connectivity index (χ4n) is 2.83. The molecule has 1 saturated heterocycles. The molecule has 0 aliphatic carbocycles. The molecular formula is C15H23F2N3O2. The molecule has 124 valence electrons. The summed E-state index contributed by atoms with van der Waals surface area (Å²) < 4.78 is 33.2. The number of carbonyl (C=O) groups is 1. The molecule has 5 nitrogen and oxygen atoms in total. The van der Waals surface area contributed by atoms with Crippen LogP contribution in [0.3, 0.4) is 0 Å². The molecule has 22 heavy (non-hydrogen) atoms. The molecule has 1 unspecified atom stereocenters. The van der Waals surface area contributed by atoms with Gasteiger partial charge in [0, 0.05) is 5.70 Å². The summed E-state index contributed by atoms with van der Waals surface area (Å²) in [6.07, 6.45) is 1.50. The highest BCUT2D eigenvalue weighted by Gasteiger charge is 2.41. The van der Waals surface area contributed by atoms with Gasteiger partial charge in [0.15, 0.2) is 5.83 Å². The summed E-state index contributed by atoms with van der Waals surface area (Å²) in [5, 5.41) is 3.20. The molecular weight excluding hydrogens is 292 g/mol. The third kappa shape index (κ3) is 3.58. The zero-order valence-corrected chi connectivity index (χ0v) is 13.2. The first kappa shape index (κ1) is 16.7. The largest absolute Gasteiger partial charge is 0.443 e. The van der Waals surface area contributed by atoms with E-state index < -0.39 is 29.5 Å². The van der Waals surface area contributed by atoms with Gasteiger partial charge in [-0.05, 0) is 58.7 Å². The number of rotatable bonds is 1. The molecule has 2 aliphatic heterocycles. The van der Waals surface area contributed by atoms with Crippen molar-refractivity contribution < 1.29 is 18.3 Å². The average Bonchev–Trinajstić information content (AvgIpc) is 2.41. The predicted molar refractivity (Wildman–Crippen MR) is 79.0 cm³/mol. The number of nitrogens with two attached hydrogens (primary N) is 1. The lowest BCUT2D eigenvalue weighted by Gasteiger charge is -2.40.